The van der Waals surface area contributed by atoms with E-state index in [1.807, 2.05) is 6.92 Å². The van der Waals surface area contributed by atoms with Crippen LogP contribution < -0.4 is 15.2 Å². The Labute approximate surface area is 102 Å². The molecule has 96 valence electrons. The molecule has 0 unspecified atom stereocenters. The lowest BCUT2D eigenvalue weighted by molar-refractivity contribution is 0.310. The lowest BCUT2D eigenvalue weighted by Gasteiger charge is -2.13. The van der Waals surface area contributed by atoms with Crippen LogP contribution in [0.1, 0.15) is 18.5 Å². The SMILES string of the molecule is CCOc1cc([C@H](N)[13CH2][SH](=O)=O)ccc1OC. The highest BCUT2D eigenvalue weighted by molar-refractivity contribution is 7.72. The molecule has 0 radical (unpaired) electrons. The van der Waals surface area contributed by atoms with Crippen molar-refractivity contribution in [3.63, 3.8) is 0 Å². The van der Waals surface area contributed by atoms with Crippen LogP contribution in [0.4, 0.5) is 0 Å². The molecule has 6 heteroatoms. The fourth-order valence-corrected chi connectivity index (χ4v) is 1.99. The lowest BCUT2D eigenvalue weighted by atomic mass is 10.1. The van der Waals surface area contributed by atoms with Crippen molar-refractivity contribution in [1.29, 1.82) is 0 Å². The van der Waals surface area contributed by atoms with Crippen LogP contribution in [0.5, 0.6) is 11.5 Å². The molecule has 1 rings (SSSR count). The van der Waals surface area contributed by atoms with E-state index in [0.29, 0.717) is 23.7 Å². The van der Waals surface area contributed by atoms with Gasteiger partial charge in [-0.3, -0.25) is 0 Å². The van der Waals surface area contributed by atoms with Crippen LogP contribution in [0.15, 0.2) is 18.2 Å². The maximum Gasteiger partial charge on any atom is 0.161 e. The van der Waals surface area contributed by atoms with E-state index in [1.165, 1.54) is 0 Å². The summed E-state index contributed by atoms with van der Waals surface area (Å²) in [4.78, 5) is 0. The molecule has 1 atom stereocenters. The van der Waals surface area contributed by atoms with E-state index in [9.17, 15) is 8.42 Å². The normalized spacial score (nSPS) is 12.5. The first-order valence-electron chi connectivity index (χ1n) is 5.26. The molecule has 0 aromatic heterocycles. The molecule has 0 aliphatic carbocycles. The molecule has 5 nitrogen and oxygen atoms in total. The second-order valence-corrected chi connectivity index (χ2v) is 4.50. The Kier molecular flexibility index (Phi) is 5.24. The fourth-order valence-electron chi connectivity index (χ4n) is 1.46. The third-order valence-electron chi connectivity index (χ3n) is 2.26. The van der Waals surface area contributed by atoms with E-state index in [4.69, 9.17) is 15.2 Å². The molecule has 1 aromatic carbocycles. The van der Waals surface area contributed by atoms with Crippen molar-refractivity contribution in [1.82, 2.24) is 0 Å². The van der Waals surface area contributed by atoms with Crippen molar-refractivity contribution >= 4 is 10.7 Å². The van der Waals surface area contributed by atoms with E-state index in [2.05, 4.69) is 0 Å². The van der Waals surface area contributed by atoms with E-state index in [-0.39, 0.29) is 5.75 Å². The molecule has 1 aromatic rings. The van der Waals surface area contributed by atoms with Crippen molar-refractivity contribution < 1.29 is 17.9 Å². The fraction of sp³-hybridized carbons (Fsp3) is 0.455. The molecule has 0 spiro atoms. The van der Waals surface area contributed by atoms with Gasteiger partial charge in [0.1, 0.15) is 10.7 Å². The largest absolute Gasteiger partial charge is 0.493 e. The average molecular weight is 260 g/mol. The first-order valence-corrected chi connectivity index (χ1v) is 6.62. The van der Waals surface area contributed by atoms with Crippen molar-refractivity contribution in [2.24, 2.45) is 5.73 Å². The average Bonchev–Trinajstić information content (AvgIpc) is 2.28. The van der Waals surface area contributed by atoms with Gasteiger partial charge in [0, 0.05) is 6.04 Å². The van der Waals surface area contributed by atoms with Crippen molar-refractivity contribution in [3.8, 4) is 11.5 Å². The van der Waals surface area contributed by atoms with Crippen LogP contribution in [0.2, 0.25) is 0 Å². The summed E-state index contributed by atoms with van der Waals surface area (Å²) < 4.78 is 31.8. The topological polar surface area (TPSA) is 78.6 Å². The Morgan fingerprint density at radius 3 is 2.59 bits per heavy atom. The molecule has 0 amide bonds. The van der Waals surface area contributed by atoms with Crippen LogP contribution in [-0.2, 0) is 10.7 Å². The van der Waals surface area contributed by atoms with Crippen molar-refractivity contribution in [2.75, 3.05) is 19.5 Å². The molecule has 0 saturated heterocycles. The Balaban J connectivity index is 2.98. The van der Waals surface area contributed by atoms with Gasteiger partial charge in [0.2, 0.25) is 0 Å². The van der Waals surface area contributed by atoms with Crippen LogP contribution in [0, 0.1) is 0 Å². The second kappa shape index (κ2) is 6.46. The van der Waals surface area contributed by atoms with Gasteiger partial charge < -0.3 is 15.2 Å². The Bertz CT molecular complexity index is 437. The summed E-state index contributed by atoms with van der Waals surface area (Å²) in [6.45, 7) is 2.37. The van der Waals surface area contributed by atoms with Gasteiger partial charge in [-0.1, -0.05) is 6.07 Å². The van der Waals surface area contributed by atoms with E-state index >= 15 is 0 Å². The van der Waals surface area contributed by atoms with Gasteiger partial charge in [0.25, 0.3) is 0 Å². The van der Waals surface area contributed by atoms with Crippen LogP contribution in [-0.4, -0.2) is 27.9 Å². The number of nitrogens with two attached hydrogens (primary N) is 1. The molecule has 0 saturated carbocycles. The summed E-state index contributed by atoms with van der Waals surface area (Å²) in [5.41, 5.74) is 6.49. The summed E-state index contributed by atoms with van der Waals surface area (Å²) in [5, 5.41) is 0. The summed E-state index contributed by atoms with van der Waals surface area (Å²) >= 11 is 0. The second-order valence-electron chi connectivity index (χ2n) is 3.47. The monoisotopic (exact) mass is 260 g/mol. The molecular formula is C11H17NO4S. The number of thiol groups is 1. The Morgan fingerprint density at radius 2 is 2.06 bits per heavy atom. The lowest BCUT2D eigenvalue weighted by Crippen LogP contribution is -2.16. The Morgan fingerprint density at radius 1 is 1.35 bits per heavy atom. The predicted octanol–water partition coefficient (Wildman–Crippen LogP) is 0.705. The molecule has 0 heterocycles. The predicted molar refractivity (Wildman–Crippen MR) is 66.3 cm³/mol. The number of hydrogen-bond acceptors (Lipinski definition) is 5. The molecule has 17 heavy (non-hydrogen) atoms. The van der Waals surface area contributed by atoms with Gasteiger partial charge >= 0.3 is 0 Å². The quantitative estimate of drug-likeness (QED) is 0.581. The number of methoxy groups -OCH3 is 1. The summed E-state index contributed by atoms with van der Waals surface area (Å²) in [7, 11) is -0.942. The highest BCUT2D eigenvalue weighted by Gasteiger charge is 2.11. The van der Waals surface area contributed by atoms with E-state index in [1.54, 1.807) is 25.3 Å². The first kappa shape index (κ1) is 13.8. The van der Waals surface area contributed by atoms with Crippen LogP contribution >= 0.6 is 0 Å². The first-order chi connectivity index (χ1) is 8.08. The third-order valence-corrected chi connectivity index (χ3v) is 2.95. The van der Waals surface area contributed by atoms with Crippen molar-refractivity contribution in [3.05, 3.63) is 23.8 Å². The van der Waals surface area contributed by atoms with Crippen LogP contribution in [0.25, 0.3) is 0 Å². The summed E-state index contributed by atoms with van der Waals surface area (Å²) in [6.07, 6.45) is 0. The minimum absolute atomic E-state index is 0.0762. The molecule has 2 N–H and O–H groups in total. The number of ether oxygens (including phenoxy) is 2. The zero-order chi connectivity index (χ0) is 12.8. The molecule has 0 aliphatic heterocycles. The van der Waals surface area contributed by atoms with E-state index in [0.717, 1.165) is 0 Å². The minimum Gasteiger partial charge on any atom is -0.493 e. The van der Waals surface area contributed by atoms with Gasteiger partial charge in [0.05, 0.1) is 19.5 Å². The number of rotatable bonds is 6. The highest BCUT2D eigenvalue weighted by Crippen LogP contribution is 2.29. The smallest absolute Gasteiger partial charge is 0.161 e. The molecule has 0 bridgehead atoms. The van der Waals surface area contributed by atoms with Gasteiger partial charge in [-0.15, -0.1) is 0 Å². The van der Waals surface area contributed by atoms with Gasteiger partial charge in [0.15, 0.2) is 11.5 Å². The number of benzene rings is 1. The van der Waals surface area contributed by atoms with Crippen molar-refractivity contribution in [2.45, 2.75) is 13.0 Å². The van der Waals surface area contributed by atoms with Gasteiger partial charge in [-0.25, -0.2) is 8.42 Å². The van der Waals surface area contributed by atoms with Gasteiger partial charge in [-0.05, 0) is 24.6 Å². The van der Waals surface area contributed by atoms with E-state index < -0.39 is 16.7 Å². The third kappa shape index (κ3) is 3.90. The van der Waals surface area contributed by atoms with Crippen LogP contribution in [0.3, 0.4) is 0 Å². The maximum atomic E-state index is 10.6. The standard InChI is InChI=1S/C11H17NO4S/c1-3-16-11-6-8(4-5-10(11)15-2)9(12)7-17(13)14/h4-6,9,17H,3,7,12H2,1-2H3/t9-/m1/s1/i7+1. The molecule has 0 fully saturated rings. The zero-order valence-corrected chi connectivity index (χ0v) is 10.8. The number of hydrogen-bond donors (Lipinski definition) is 2. The highest BCUT2D eigenvalue weighted by atomic mass is 32.2. The molecular weight excluding hydrogens is 243 g/mol. The summed E-state index contributed by atoms with van der Waals surface area (Å²) in [6, 6.07) is 4.63. The molecule has 0 aliphatic rings. The van der Waals surface area contributed by atoms with Gasteiger partial charge in [-0.2, -0.15) is 0 Å². The summed E-state index contributed by atoms with van der Waals surface area (Å²) in [5.74, 6) is 1.10. The zero-order valence-electron chi connectivity index (χ0n) is 9.88. The maximum absolute atomic E-state index is 10.6. The Hall–Kier alpha value is -1.27. The minimum atomic E-state index is -2.49.